The number of carboxylic acid groups (broad SMARTS) is 1. The first-order valence-electron chi connectivity index (χ1n) is 7.13. The molecule has 0 bridgehead atoms. The Kier molecular flexibility index (Phi) is 4.60. The smallest absolute Gasteiger partial charge is 0.354 e. The standard InChI is InChI=1S/C15H23N3O2/c1-15(2,11-18-8-3-4-9-18)10-16-13-7-5-6-12(17-13)14(19)20/h5-7H,3-4,8-11H2,1-2H3,(H,16,17)(H,19,20). The molecule has 1 aromatic rings. The molecule has 1 aromatic heterocycles. The summed E-state index contributed by atoms with van der Waals surface area (Å²) in [6.07, 6.45) is 2.59. The molecule has 0 radical (unpaired) electrons. The van der Waals surface area contributed by atoms with Crippen LogP contribution in [0.15, 0.2) is 18.2 Å². The fourth-order valence-electron chi connectivity index (χ4n) is 2.58. The van der Waals surface area contributed by atoms with Gasteiger partial charge in [0.15, 0.2) is 5.69 Å². The van der Waals surface area contributed by atoms with Crippen molar-refractivity contribution < 1.29 is 9.90 Å². The summed E-state index contributed by atoms with van der Waals surface area (Å²) in [5.74, 6) is -0.371. The van der Waals surface area contributed by atoms with Gasteiger partial charge in [-0.05, 0) is 43.5 Å². The van der Waals surface area contributed by atoms with E-state index in [4.69, 9.17) is 5.11 Å². The fraction of sp³-hybridized carbons (Fsp3) is 0.600. The highest BCUT2D eigenvalue weighted by molar-refractivity contribution is 5.85. The van der Waals surface area contributed by atoms with Crippen LogP contribution in [0.3, 0.4) is 0 Å². The Morgan fingerprint density at radius 1 is 1.40 bits per heavy atom. The number of aromatic nitrogens is 1. The van der Waals surface area contributed by atoms with Gasteiger partial charge in [0.25, 0.3) is 0 Å². The fourth-order valence-corrected chi connectivity index (χ4v) is 2.58. The lowest BCUT2D eigenvalue weighted by Gasteiger charge is -2.30. The van der Waals surface area contributed by atoms with Crippen LogP contribution in [0.2, 0.25) is 0 Å². The number of anilines is 1. The van der Waals surface area contributed by atoms with Gasteiger partial charge in [-0.25, -0.2) is 9.78 Å². The molecule has 0 aromatic carbocycles. The van der Waals surface area contributed by atoms with Gasteiger partial charge in [-0.3, -0.25) is 0 Å². The van der Waals surface area contributed by atoms with E-state index in [2.05, 4.69) is 29.0 Å². The molecule has 0 spiro atoms. The zero-order chi connectivity index (χ0) is 14.6. The predicted molar refractivity (Wildman–Crippen MR) is 79.1 cm³/mol. The Morgan fingerprint density at radius 3 is 2.75 bits per heavy atom. The highest BCUT2D eigenvalue weighted by Crippen LogP contribution is 2.21. The Hall–Kier alpha value is -1.62. The van der Waals surface area contributed by atoms with Crippen molar-refractivity contribution in [3.05, 3.63) is 23.9 Å². The average molecular weight is 277 g/mol. The molecule has 2 N–H and O–H groups in total. The minimum atomic E-state index is -0.995. The number of aromatic carboxylic acids is 1. The van der Waals surface area contributed by atoms with Crippen LogP contribution >= 0.6 is 0 Å². The third kappa shape index (κ3) is 4.20. The van der Waals surface area contributed by atoms with Gasteiger partial charge in [0.2, 0.25) is 0 Å². The highest BCUT2D eigenvalue weighted by Gasteiger charge is 2.23. The number of carboxylic acids is 1. The molecular weight excluding hydrogens is 254 g/mol. The molecule has 20 heavy (non-hydrogen) atoms. The van der Waals surface area contributed by atoms with Crippen LogP contribution in [0.4, 0.5) is 5.82 Å². The lowest BCUT2D eigenvalue weighted by atomic mass is 9.93. The van der Waals surface area contributed by atoms with E-state index in [1.54, 1.807) is 12.1 Å². The van der Waals surface area contributed by atoms with Gasteiger partial charge in [-0.2, -0.15) is 0 Å². The van der Waals surface area contributed by atoms with Crippen molar-refractivity contribution >= 4 is 11.8 Å². The number of pyridine rings is 1. The molecule has 0 unspecified atom stereocenters. The summed E-state index contributed by atoms with van der Waals surface area (Å²) in [5.41, 5.74) is 0.206. The molecule has 1 fully saturated rings. The molecule has 0 aliphatic carbocycles. The van der Waals surface area contributed by atoms with Crippen LogP contribution in [0.25, 0.3) is 0 Å². The third-order valence-electron chi connectivity index (χ3n) is 3.57. The molecule has 2 heterocycles. The van der Waals surface area contributed by atoms with Crippen molar-refractivity contribution in [2.45, 2.75) is 26.7 Å². The number of carbonyl (C=O) groups is 1. The minimum Gasteiger partial charge on any atom is -0.477 e. The van der Waals surface area contributed by atoms with Gasteiger partial charge in [-0.15, -0.1) is 0 Å². The summed E-state index contributed by atoms with van der Waals surface area (Å²) >= 11 is 0. The second-order valence-electron chi connectivity index (χ2n) is 6.21. The molecule has 0 atom stereocenters. The SMILES string of the molecule is CC(C)(CNc1cccc(C(=O)O)n1)CN1CCCC1. The third-order valence-corrected chi connectivity index (χ3v) is 3.57. The van der Waals surface area contributed by atoms with Gasteiger partial charge in [-0.1, -0.05) is 19.9 Å². The van der Waals surface area contributed by atoms with E-state index in [0.29, 0.717) is 5.82 Å². The van der Waals surface area contributed by atoms with Gasteiger partial charge >= 0.3 is 5.97 Å². The number of hydrogen-bond donors (Lipinski definition) is 2. The van der Waals surface area contributed by atoms with E-state index >= 15 is 0 Å². The first kappa shape index (κ1) is 14.8. The van der Waals surface area contributed by atoms with E-state index in [1.165, 1.54) is 32.0 Å². The second-order valence-corrected chi connectivity index (χ2v) is 6.21. The van der Waals surface area contributed by atoms with E-state index in [0.717, 1.165) is 13.1 Å². The normalized spacial score (nSPS) is 16.3. The summed E-state index contributed by atoms with van der Waals surface area (Å²) in [4.78, 5) is 17.5. The number of nitrogens with one attached hydrogen (secondary N) is 1. The number of hydrogen-bond acceptors (Lipinski definition) is 4. The molecule has 2 rings (SSSR count). The van der Waals surface area contributed by atoms with Gasteiger partial charge in [0.05, 0.1) is 0 Å². The maximum atomic E-state index is 10.9. The van der Waals surface area contributed by atoms with Crippen molar-refractivity contribution in [1.29, 1.82) is 0 Å². The van der Waals surface area contributed by atoms with E-state index in [1.807, 2.05) is 0 Å². The topological polar surface area (TPSA) is 65.5 Å². The summed E-state index contributed by atoms with van der Waals surface area (Å²) in [6, 6.07) is 5.02. The van der Waals surface area contributed by atoms with Crippen molar-refractivity contribution in [2.75, 3.05) is 31.5 Å². The van der Waals surface area contributed by atoms with Crippen LogP contribution < -0.4 is 5.32 Å². The Labute approximate surface area is 120 Å². The molecule has 0 saturated carbocycles. The van der Waals surface area contributed by atoms with Gasteiger partial charge in [0, 0.05) is 13.1 Å². The van der Waals surface area contributed by atoms with Crippen LogP contribution in [-0.4, -0.2) is 47.1 Å². The number of rotatable bonds is 6. The van der Waals surface area contributed by atoms with Crippen molar-refractivity contribution in [3.8, 4) is 0 Å². The molecule has 1 aliphatic rings. The van der Waals surface area contributed by atoms with E-state index in [9.17, 15) is 4.79 Å². The van der Waals surface area contributed by atoms with Gasteiger partial charge < -0.3 is 15.3 Å². The van der Waals surface area contributed by atoms with Crippen LogP contribution in [-0.2, 0) is 0 Å². The average Bonchev–Trinajstić information content (AvgIpc) is 2.89. The molecule has 1 saturated heterocycles. The molecule has 1 aliphatic heterocycles. The first-order valence-corrected chi connectivity index (χ1v) is 7.13. The zero-order valence-electron chi connectivity index (χ0n) is 12.2. The summed E-state index contributed by atoms with van der Waals surface area (Å²) in [7, 11) is 0. The number of nitrogens with zero attached hydrogens (tertiary/aromatic N) is 2. The van der Waals surface area contributed by atoms with Crippen molar-refractivity contribution in [2.24, 2.45) is 5.41 Å². The van der Waals surface area contributed by atoms with Crippen LogP contribution in [0, 0.1) is 5.41 Å². The Balaban J connectivity index is 1.89. The van der Waals surface area contributed by atoms with E-state index in [-0.39, 0.29) is 11.1 Å². The molecule has 0 amide bonds. The van der Waals surface area contributed by atoms with E-state index < -0.39 is 5.97 Å². The van der Waals surface area contributed by atoms with Crippen molar-refractivity contribution in [1.82, 2.24) is 9.88 Å². The minimum absolute atomic E-state index is 0.0762. The Bertz CT molecular complexity index is 468. The monoisotopic (exact) mass is 277 g/mol. The predicted octanol–water partition coefficient (Wildman–Crippen LogP) is 2.31. The lowest BCUT2D eigenvalue weighted by Crippen LogP contribution is -2.37. The summed E-state index contributed by atoms with van der Waals surface area (Å²) < 4.78 is 0. The summed E-state index contributed by atoms with van der Waals surface area (Å²) in [6.45, 7) is 8.66. The van der Waals surface area contributed by atoms with Crippen LogP contribution in [0.5, 0.6) is 0 Å². The second kappa shape index (κ2) is 6.22. The quantitative estimate of drug-likeness (QED) is 0.835. The molecule has 5 heteroatoms. The molecular formula is C15H23N3O2. The maximum absolute atomic E-state index is 10.9. The largest absolute Gasteiger partial charge is 0.477 e. The Morgan fingerprint density at radius 2 is 2.10 bits per heavy atom. The summed E-state index contributed by atoms with van der Waals surface area (Å²) in [5, 5.41) is 12.2. The maximum Gasteiger partial charge on any atom is 0.354 e. The lowest BCUT2D eigenvalue weighted by molar-refractivity contribution is 0.0690. The first-order chi connectivity index (χ1) is 9.46. The molecule has 110 valence electrons. The highest BCUT2D eigenvalue weighted by atomic mass is 16.4. The molecule has 5 nitrogen and oxygen atoms in total. The number of likely N-dealkylation sites (tertiary alicyclic amines) is 1. The van der Waals surface area contributed by atoms with Gasteiger partial charge in [0.1, 0.15) is 5.82 Å². The zero-order valence-corrected chi connectivity index (χ0v) is 12.2. The van der Waals surface area contributed by atoms with Crippen molar-refractivity contribution in [3.63, 3.8) is 0 Å². The van der Waals surface area contributed by atoms with Crippen LogP contribution in [0.1, 0.15) is 37.2 Å².